The fourth-order valence-electron chi connectivity index (χ4n) is 4.60. The SMILES string of the molecule is C=CC1CN2CCC1CC2[C@@H](O)c1ccnc2ccc(N(C)C)cc12. The number of rotatable bonds is 4. The van der Waals surface area contributed by atoms with E-state index >= 15 is 0 Å². The molecule has 5 atom stereocenters. The van der Waals surface area contributed by atoms with Crippen LogP contribution >= 0.6 is 0 Å². The van der Waals surface area contributed by atoms with Crippen LogP contribution in [0.2, 0.25) is 0 Å². The van der Waals surface area contributed by atoms with Gasteiger partial charge in [-0.1, -0.05) is 6.08 Å². The molecule has 3 fully saturated rings. The van der Waals surface area contributed by atoms with Crippen molar-refractivity contribution in [1.82, 2.24) is 9.88 Å². The molecule has 0 spiro atoms. The molecule has 1 aromatic carbocycles. The van der Waals surface area contributed by atoms with Crippen molar-refractivity contribution in [3.05, 3.63) is 48.7 Å². The van der Waals surface area contributed by atoms with Crippen molar-refractivity contribution in [2.45, 2.75) is 25.0 Å². The minimum atomic E-state index is -0.475. The predicted molar refractivity (Wildman–Crippen MR) is 103 cm³/mol. The van der Waals surface area contributed by atoms with Crippen molar-refractivity contribution in [2.24, 2.45) is 11.8 Å². The molecule has 25 heavy (non-hydrogen) atoms. The monoisotopic (exact) mass is 337 g/mol. The first-order valence-electron chi connectivity index (χ1n) is 9.19. The van der Waals surface area contributed by atoms with Crippen molar-refractivity contribution in [2.75, 3.05) is 32.1 Å². The number of nitrogens with zero attached hydrogens (tertiary/aromatic N) is 3. The van der Waals surface area contributed by atoms with Gasteiger partial charge in [-0.3, -0.25) is 9.88 Å². The number of hydrogen-bond acceptors (Lipinski definition) is 4. The van der Waals surface area contributed by atoms with Gasteiger partial charge in [0.15, 0.2) is 0 Å². The first kappa shape index (κ1) is 16.6. The summed E-state index contributed by atoms with van der Waals surface area (Å²) in [6, 6.07) is 8.45. The standard InChI is InChI=1S/C21H27N3O/c1-4-14-13-24-10-8-15(14)11-20(24)21(25)17-7-9-22-19-6-5-16(23(2)3)12-18(17)19/h4-7,9,12,14-15,20-21,25H,1,8,10-11,13H2,2-3H3/t14?,15?,20?,21-/m0/s1. The van der Waals surface area contributed by atoms with Crippen LogP contribution in [0.5, 0.6) is 0 Å². The second-order valence-electron chi connectivity index (χ2n) is 7.69. The molecule has 4 heteroatoms. The highest BCUT2D eigenvalue weighted by atomic mass is 16.3. The van der Waals surface area contributed by atoms with Crippen LogP contribution in [0.25, 0.3) is 10.9 Å². The molecule has 1 aromatic heterocycles. The van der Waals surface area contributed by atoms with Gasteiger partial charge in [-0.05, 0) is 61.1 Å². The smallest absolute Gasteiger partial charge is 0.0952 e. The highest BCUT2D eigenvalue weighted by Crippen LogP contribution is 2.42. The lowest BCUT2D eigenvalue weighted by atomic mass is 9.73. The van der Waals surface area contributed by atoms with Crippen LogP contribution < -0.4 is 4.90 Å². The largest absolute Gasteiger partial charge is 0.387 e. The van der Waals surface area contributed by atoms with E-state index in [0.29, 0.717) is 11.8 Å². The van der Waals surface area contributed by atoms with E-state index in [-0.39, 0.29) is 6.04 Å². The number of fused-ring (bicyclic) bond motifs is 4. The molecule has 0 radical (unpaired) electrons. The van der Waals surface area contributed by atoms with Crippen LogP contribution in [0.15, 0.2) is 43.1 Å². The summed E-state index contributed by atoms with van der Waals surface area (Å²) >= 11 is 0. The number of aliphatic hydroxyl groups excluding tert-OH is 1. The average molecular weight is 337 g/mol. The summed E-state index contributed by atoms with van der Waals surface area (Å²) < 4.78 is 0. The molecule has 3 aliphatic heterocycles. The van der Waals surface area contributed by atoms with Gasteiger partial charge in [-0.2, -0.15) is 0 Å². The number of piperidine rings is 3. The number of aliphatic hydroxyl groups is 1. The van der Waals surface area contributed by atoms with Crippen LogP contribution in [-0.2, 0) is 0 Å². The van der Waals surface area contributed by atoms with E-state index in [1.165, 1.54) is 6.42 Å². The number of benzene rings is 1. The minimum absolute atomic E-state index is 0.198. The maximum atomic E-state index is 11.2. The third-order valence-electron chi connectivity index (χ3n) is 6.11. The van der Waals surface area contributed by atoms with Gasteiger partial charge >= 0.3 is 0 Å². The molecule has 2 aromatic rings. The normalized spacial score (nSPS) is 29.6. The van der Waals surface area contributed by atoms with Gasteiger partial charge in [0.1, 0.15) is 0 Å². The van der Waals surface area contributed by atoms with E-state index in [2.05, 4.69) is 39.6 Å². The third-order valence-corrected chi connectivity index (χ3v) is 6.11. The molecule has 1 N–H and O–H groups in total. The summed E-state index contributed by atoms with van der Waals surface area (Å²) in [7, 11) is 4.07. The zero-order valence-corrected chi connectivity index (χ0v) is 15.1. The summed E-state index contributed by atoms with van der Waals surface area (Å²) in [6.45, 7) is 6.11. The molecule has 4 heterocycles. The van der Waals surface area contributed by atoms with Crippen LogP contribution in [0.3, 0.4) is 0 Å². The molecular formula is C21H27N3O. The number of anilines is 1. The highest BCUT2D eigenvalue weighted by Gasteiger charge is 2.42. The number of aromatic nitrogens is 1. The average Bonchev–Trinajstić information content (AvgIpc) is 2.66. The summed E-state index contributed by atoms with van der Waals surface area (Å²) in [5, 5.41) is 12.3. The van der Waals surface area contributed by atoms with E-state index < -0.39 is 6.10 Å². The molecule has 4 nitrogen and oxygen atoms in total. The maximum absolute atomic E-state index is 11.2. The Hall–Kier alpha value is -1.91. The second-order valence-corrected chi connectivity index (χ2v) is 7.69. The topological polar surface area (TPSA) is 39.6 Å². The lowest BCUT2D eigenvalue weighted by Crippen LogP contribution is -2.54. The summed E-state index contributed by atoms with van der Waals surface area (Å²) in [5.74, 6) is 1.24. The van der Waals surface area contributed by atoms with Gasteiger partial charge in [0.2, 0.25) is 0 Å². The Morgan fingerprint density at radius 2 is 2.20 bits per heavy atom. The Morgan fingerprint density at radius 1 is 1.36 bits per heavy atom. The molecule has 3 saturated heterocycles. The second kappa shape index (κ2) is 6.43. The Labute approximate surface area is 149 Å². The Morgan fingerprint density at radius 3 is 2.88 bits per heavy atom. The van der Waals surface area contributed by atoms with E-state index in [0.717, 1.165) is 41.7 Å². The van der Waals surface area contributed by atoms with Gasteiger partial charge in [-0.25, -0.2) is 0 Å². The molecule has 0 amide bonds. The highest BCUT2D eigenvalue weighted by molar-refractivity contribution is 5.86. The number of pyridine rings is 1. The van der Waals surface area contributed by atoms with E-state index in [1.807, 2.05) is 32.4 Å². The Balaban J connectivity index is 1.69. The predicted octanol–water partition coefficient (Wildman–Crippen LogP) is 3.23. The fraction of sp³-hybridized carbons (Fsp3) is 0.476. The van der Waals surface area contributed by atoms with Crippen molar-refractivity contribution in [3.8, 4) is 0 Å². The lowest BCUT2D eigenvalue weighted by molar-refractivity contribution is -0.0444. The third kappa shape index (κ3) is 2.83. The summed E-state index contributed by atoms with van der Waals surface area (Å²) in [6.07, 6.45) is 5.72. The molecule has 132 valence electrons. The van der Waals surface area contributed by atoms with E-state index in [9.17, 15) is 5.11 Å². The molecular weight excluding hydrogens is 310 g/mol. The quantitative estimate of drug-likeness (QED) is 0.870. The van der Waals surface area contributed by atoms with Gasteiger partial charge < -0.3 is 10.0 Å². The molecule has 2 bridgehead atoms. The Bertz CT molecular complexity index is 788. The van der Waals surface area contributed by atoms with Crippen molar-refractivity contribution in [3.63, 3.8) is 0 Å². The first-order valence-corrected chi connectivity index (χ1v) is 9.19. The van der Waals surface area contributed by atoms with Crippen molar-refractivity contribution < 1.29 is 5.11 Å². The molecule has 4 unspecified atom stereocenters. The number of hydrogen-bond donors (Lipinski definition) is 1. The maximum Gasteiger partial charge on any atom is 0.0952 e. The van der Waals surface area contributed by atoms with Crippen LogP contribution in [-0.4, -0.2) is 48.2 Å². The summed E-state index contributed by atoms with van der Waals surface area (Å²) in [5.41, 5.74) is 3.08. The van der Waals surface area contributed by atoms with E-state index in [4.69, 9.17) is 0 Å². The zero-order valence-electron chi connectivity index (χ0n) is 15.1. The molecule has 5 rings (SSSR count). The van der Waals surface area contributed by atoms with E-state index in [1.54, 1.807) is 0 Å². The summed E-state index contributed by atoms with van der Waals surface area (Å²) in [4.78, 5) is 9.03. The first-order chi connectivity index (χ1) is 12.1. The van der Waals surface area contributed by atoms with Gasteiger partial charge in [0.25, 0.3) is 0 Å². The van der Waals surface area contributed by atoms with Gasteiger partial charge in [0.05, 0.1) is 11.6 Å². The van der Waals surface area contributed by atoms with Gasteiger partial charge in [-0.15, -0.1) is 6.58 Å². The zero-order chi connectivity index (χ0) is 17.6. The minimum Gasteiger partial charge on any atom is -0.387 e. The fourth-order valence-corrected chi connectivity index (χ4v) is 4.60. The van der Waals surface area contributed by atoms with Crippen LogP contribution in [0.4, 0.5) is 5.69 Å². The van der Waals surface area contributed by atoms with Crippen molar-refractivity contribution in [1.29, 1.82) is 0 Å². The van der Waals surface area contributed by atoms with Gasteiger partial charge in [0, 0.05) is 44.0 Å². The van der Waals surface area contributed by atoms with Crippen LogP contribution in [0, 0.1) is 11.8 Å². The van der Waals surface area contributed by atoms with Crippen LogP contribution in [0.1, 0.15) is 24.5 Å². The molecule has 0 saturated carbocycles. The molecule has 3 aliphatic rings. The Kier molecular flexibility index (Phi) is 4.26. The van der Waals surface area contributed by atoms with Crippen molar-refractivity contribution >= 4 is 16.6 Å². The lowest BCUT2D eigenvalue weighted by Gasteiger charge is -2.50. The molecule has 0 aliphatic carbocycles.